The summed E-state index contributed by atoms with van der Waals surface area (Å²) >= 11 is 0. The number of rotatable bonds is 10. The van der Waals surface area contributed by atoms with Crippen LogP contribution >= 0.6 is 0 Å². The van der Waals surface area contributed by atoms with Gasteiger partial charge in [-0.2, -0.15) is 22.5 Å². The zero-order chi connectivity index (χ0) is 25.5. The van der Waals surface area contributed by atoms with Crippen LogP contribution < -0.4 is 9.62 Å². The SMILES string of the molecule is CCN(CC)S(=O)(=O)N[C@H]1CCN(c2cccnn2)CC1COC1CCC(c2cccc(F)c2)CC1. The molecule has 1 aromatic carbocycles. The van der Waals surface area contributed by atoms with Gasteiger partial charge in [0.15, 0.2) is 5.82 Å². The first kappa shape index (κ1) is 26.9. The number of hydrogen-bond donors (Lipinski definition) is 1. The Bertz CT molecular complexity index is 1060. The van der Waals surface area contributed by atoms with Gasteiger partial charge in [0, 0.05) is 44.3 Å². The van der Waals surface area contributed by atoms with Gasteiger partial charge in [-0.3, -0.25) is 0 Å². The standard InChI is InChI=1S/C26H38FN5O3S/c1-3-32(4-2)36(33,34)30-25-14-16-31(26-9-6-15-28-29-26)18-22(25)19-35-24-12-10-20(11-13-24)21-7-5-8-23(27)17-21/h5-9,15,17,20,22,24-25,30H,3-4,10-14,16,18-19H2,1-2H3/t20?,22?,24?,25-/m0/s1. The second kappa shape index (κ2) is 12.4. The predicted octanol–water partition coefficient (Wildman–Crippen LogP) is 3.73. The van der Waals surface area contributed by atoms with Crippen LogP contribution in [0.4, 0.5) is 10.2 Å². The molecule has 4 rings (SSSR count). The molecule has 1 unspecified atom stereocenters. The maximum atomic E-state index is 13.6. The molecule has 0 radical (unpaired) electrons. The van der Waals surface area contributed by atoms with Crippen LogP contribution in [0.2, 0.25) is 0 Å². The predicted molar refractivity (Wildman–Crippen MR) is 138 cm³/mol. The normalized spacial score (nSPS) is 25.3. The van der Waals surface area contributed by atoms with E-state index in [2.05, 4.69) is 19.8 Å². The molecule has 36 heavy (non-hydrogen) atoms. The van der Waals surface area contributed by atoms with Crippen LogP contribution in [0.1, 0.15) is 57.4 Å². The molecule has 8 nitrogen and oxygen atoms in total. The molecule has 2 heterocycles. The van der Waals surface area contributed by atoms with Crippen molar-refractivity contribution in [3.05, 3.63) is 54.0 Å². The summed E-state index contributed by atoms with van der Waals surface area (Å²) in [6.45, 7) is 6.36. The average Bonchev–Trinajstić information content (AvgIpc) is 2.89. The molecule has 0 bridgehead atoms. The van der Waals surface area contributed by atoms with Crippen LogP contribution in [0.15, 0.2) is 42.6 Å². The monoisotopic (exact) mass is 519 g/mol. The van der Waals surface area contributed by atoms with Crippen molar-refractivity contribution in [2.45, 2.75) is 64.0 Å². The Labute approximate surface area is 214 Å². The number of hydrogen-bond acceptors (Lipinski definition) is 6. The minimum atomic E-state index is -3.57. The number of benzene rings is 1. The van der Waals surface area contributed by atoms with E-state index in [9.17, 15) is 12.8 Å². The lowest BCUT2D eigenvalue weighted by atomic mass is 9.82. The van der Waals surface area contributed by atoms with Gasteiger partial charge < -0.3 is 9.64 Å². The summed E-state index contributed by atoms with van der Waals surface area (Å²) in [5, 5.41) is 8.25. The Morgan fingerprint density at radius 1 is 1.11 bits per heavy atom. The van der Waals surface area contributed by atoms with Crippen molar-refractivity contribution in [3.8, 4) is 0 Å². The molecule has 1 N–H and O–H groups in total. The Kier molecular flexibility index (Phi) is 9.27. The van der Waals surface area contributed by atoms with E-state index >= 15 is 0 Å². The number of nitrogens with one attached hydrogen (secondary N) is 1. The van der Waals surface area contributed by atoms with Gasteiger partial charge in [-0.05, 0) is 67.9 Å². The van der Waals surface area contributed by atoms with Crippen molar-refractivity contribution in [2.24, 2.45) is 5.92 Å². The van der Waals surface area contributed by atoms with Gasteiger partial charge in [-0.1, -0.05) is 26.0 Å². The Hall–Kier alpha value is -2.14. The van der Waals surface area contributed by atoms with Crippen molar-refractivity contribution in [3.63, 3.8) is 0 Å². The lowest BCUT2D eigenvalue weighted by Crippen LogP contribution is -2.55. The van der Waals surface area contributed by atoms with Gasteiger partial charge in [-0.25, -0.2) is 4.39 Å². The second-order valence-electron chi connectivity index (χ2n) is 9.75. The average molecular weight is 520 g/mol. The number of piperidine rings is 1. The summed E-state index contributed by atoms with van der Waals surface area (Å²) < 4.78 is 50.4. The fraction of sp³-hybridized carbons (Fsp3) is 0.615. The number of nitrogens with zero attached hydrogens (tertiary/aromatic N) is 4. The third kappa shape index (κ3) is 6.79. The third-order valence-electron chi connectivity index (χ3n) is 7.50. The highest BCUT2D eigenvalue weighted by atomic mass is 32.2. The van der Waals surface area contributed by atoms with Crippen molar-refractivity contribution < 1.29 is 17.5 Å². The van der Waals surface area contributed by atoms with Crippen LogP contribution in [0.3, 0.4) is 0 Å². The third-order valence-corrected chi connectivity index (χ3v) is 9.30. The number of ether oxygens (including phenoxy) is 1. The number of aromatic nitrogens is 2. The molecule has 1 aromatic heterocycles. The molecule has 2 fully saturated rings. The summed E-state index contributed by atoms with van der Waals surface area (Å²) in [5.41, 5.74) is 1.06. The van der Waals surface area contributed by atoms with Crippen LogP contribution in [-0.2, 0) is 14.9 Å². The van der Waals surface area contributed by atoms with Crippen molar-refractivity contribution in [1.82, 2.24) is 19.2 Å². The summed E-state index contributed by atoms with van der Waals surface area (Å²) in [4.78, 5) is 2.16. The molecule has 1 saturated carbocycles. The van der Waals surface area contributed by atoms with E-state index in [1.165, 1.54) is 10.4 Å². The van der Waals surface area contributed by atoms with Crippen LogP contribution in [-0.4, -0.2) is 67.9 Å². The molecule has 198 valence electrons. The highest BCUT2D eigenvalue weighted by Crippen LogP contribution is 2.35. The van der Waals surface area contributed by atoms with E-state index in [0.29, 0.717) is 45.1 Å². The molecule has 2 aromatic rings. The van der Waals surface area contributed by atoms with Crippen LogP contribution in [0.25, 0.3) is 0 Å². The van der Waals surface area contributed by atoms with Gasteiger partial charge in [0.2, 0.25) is 0 Å². The van der Waals surface area contributed by atoms with Gasteiger partial charge in [-0.15, -0.1) is 5.10 Å². The fourth-order valence-corrected chi connectivity index (χ4v) is 6.96. The fourth-order valence-electron chi connectivity index (χ4n) is 5.44. The number of halogens is 1. The minimum absolute atomic E-state index is 0.0213. The van der Waals surface area contributed by atoms with E-state index in [1.54, 1.807) is 18.3 Å². The summed E-state index contributed by atoms with van der Waals surface area (Å²) in [7, 11) is -3.57. The Morgan fingerprint density at radius 2 is 1.89 bits per heavy atom. The molecule has 0 spiro atoms. The topological polar surface area (TPSA) is 87.7 Å². The van der Waals surface area contributed by atoms with Crippen LogP contribution in [0, 0.1) is 11.7 Å². The zero-order valence-electron chi connectivity index (χ0n) is 21.2. The highest BCUT2D eigenvalue weighted by Gasteiger charge is 2.35. The van der Waals surface area contributed by atoms with Crippen molar-refractivity contribution >= 4 is 16.0 Å². The van der Waals surface area contributed by atoms with E-state index in [1.807, 2.05) is 32.0 Å². The first-order valence-electron chi connectivity index (χ1n) is 13.1. The molecule has 2 aliphatic rings. The van der Waals surface area contributed by atoms with E-state index in [-0.39, 0.29) is 23.9 Å². The second-order valence-corrected chi connectivity index (χ2v) is 11.5. The molecular weight excluding hydrogens is 481 g/mol. The quantitative estimate of drug-likeness (QED) is 0.515. The number of anilines is 1. The minimum Gasteiger partial charge on any atom is -0.378 e. The van der Waals surface area contributed by atoms with E-state index in [4.69, 9.17) is 4.74 Å². The molecule has 0 amide bonds. The van der Waals surface area contributed by atoms with Gasteiger partial charge in [0.05, 0.1) is 12.7 Å². The van der Waals surface area contributed by atoms with Crippen LogP contribution in [0.5, 0.6) is 0 Å². The van der Waals surface area contributed by atoms with Gasteiger partial charge >= 0.3 is 0 Å². The summed E-state index contributed by atoms with van der Waals surface area (Å²) in [6, 6.07) is 10.5. The summed E-state index contributed by atoms with van der Waals surface area (Å²) in [6.07, 6.45) is 6.19. The van der Waals surface area contributed by atoms with Gasteiger partial charge in [0.25, 0.3) is 10.2 Å². The largest absolute Gasteiger partial charge is 0.378 e. The maximum Gasteiger partial charge on any atom is 0.279 e. The zero-order valence-corrected chi connectivity index (χ0v) is 22.0. The maximum absolute atomic E-state index is 13.6. The van der Waals surface area contributed by atoms with Crippen molar-refractivity contribution in [2.75, 3.05) is 37.7 Å². The Morgan fingerprint density at radius 3 is 2.56 bits per heavy atom. The molecule has 1 aliphatic heterocycles. The van der Waals surface area contributed by atoms with Crippen molar-refractivity contribution in [1.29, 1.82) is 0 Å². The lowest BCUT2D eigenvalue weighted by molar-refractivity contribution is -0.00226. The summed E-state index contributed by atoms with van der Waals surface area (Å²) in [5.74, 6) is 0.945. The van der Waals surface area contributed by atoms with Gasteiger partial charge in [0.1, 0.15) is 5.82 Å². The molecule has 2 atom stereocenters. The first-order valence-corrected chi connectivity index (χ1v) is 14.5. The van der Waals surface area contributed by atoms with E-state index < -0.39 is 10.2 Å². The lowest BCUT2D eigenvalue weighted by Gasteiger charge is -2.40. The highest BCUT2D eigenvalue weighted by molar-refractivity contribution is 7.87. The first-order chi connectivity index (χ1) is 17.4. The smallest absolute Gasteiger partial charge is 0.279 e. The molecule has 1 aliphatic carbocycles. The Balaban J connectivity index is 1.39. The van der Waals surface area contributed by atoms with E-state index in [0.717, 1.165) is 37.1 Å². The molecular formula is C26H38FN5O3S. The molecule has 1 saturated heterocycles. The molecule has 10 heteroatoms.